The van der Waals surface area contributed by atoms with E-state index in [4.69, 9.17) is 4.74 Å². The van der Waals surface area contributed by atoms with E-state index in [1.165, 1.54) is 18.3 Å². The second-order valence-electron chi connectivity index (χ2n) is 5.94. The molecule has 1 heterocycles. The maximum Gasteiger partial charge on any atom is 0.306 e. The summed E-state index contributed by atoms with van der Waals surface area (Å²) in [5, 5.41) is 2.39. The fraction of sp³-hybridized carbons (Fsp3) is 0.316. The number of para-hydroxylation sites is 1. The van der Waals surface area contributed by atoms with Crippen LogP contribution >= 0.6 is 11.3 Å². The lowest BCUT2D eigenvalue weighted by molar-refractivity contribution is -0.145. The lowest BCUT2D eigenvalue weighted by Gasteiger charge is -2.17. The third-order valence-electron chi connectivity index (χ3n) is 3.98. The predicted molar refractivity (Wildman–Crippen MR) is 97.7 cm³/mol. The Kier molecular flexibility index (Phi) is 5.60. The van der Waals surface area contributed by atoms with Crippen molar-refractivity contribution in [1.82, 2.24) is 4.98 Å². The molecule has 0 spiro atoms. The Hall–Kier alpha value is -2.47. The number of hydrogen-bond acceptors (Lipinski definition) is 5. The van der Waals surface area contributed by atoms with Crippen LogP contribution in [0.25, 0.3) is 0 Å². The monoisotopic (exact) mass is 356 g/mol. The predicted octanol–water partition coefficient (Wildman–Crippen LogP) is 4.23. The highest BCUT2D eigenvalue weighted by atomic mass is 32.1. The average molecular weight is 356 g/mol. The van der Waals surface area contributed by atoms with Gasteiger partial charge >= 0.3 is 5.97 Å². The molecule has 1 atom stereocenters. The Bertz CT molecular complexity index is 770. The van der Waals surface area contributed by atoms with Crippen LogP contribution in [0.1, 0.15) is 31.9 Å². The highest BCUT2D eigenvalue weighted by Crippen LogP contribution is 2.29. The molecule has 0 fully saturated rings. The average Bonchev–Trinajstić information content (AvgIpc) is 3.26. The van der Waals surface area contributed by atoms with E-state index in [1.807, 2.05) is 35.7 Å². The van der Waals surface area contributed by atoms with Gasteiger partial charge in [-0.2, -0.15) is 0 Å². The van der Waals surface area contributed by atoms with E-state index in [9.17, 15) is 9.59 Å². The number of benzene rings is 1. The molecule has 0 saturated heterocycles. The Labute approximate surface area is 150 Å². The molecule has 0 aliphatic heterocycles. The minimum atomic E-state index is -0.211. The molecule has 3 rings (SSSR count). The lowest BCUT2D eigenvalue weighted by Crippen LogP contribution is -2.22. The quantitative estimate of drug-likeness (QED) is 0.574. The third-order valence-corrected chi connectivity index (χ3v) is 4.86. The smallest absolute Gasteiger partial charge is 0.306 e. The number of ether oxygens (including phenoxy) is 1. The van der Waals surface area contributed by atoms with E-state index in [0.29, 0.717) is 23.2 Å². The van der Waals surface area contributed by atoms with Gasteiger partial charge < -0.3 is 4.74 Å². The van der Waals surface area contributed by atoms with E-state index >= 15 is 0 Å². The fourth-order valence-electron chi connectivity index (χ4n) is 2.76. The van der Waals surface area contributed by atoms with Crippen molar-refractivity contribution in [3.05, 3.63) is 53.6 Å². The second kappa shape index (κ2) is 8.07. The molecule has 0 radical (unpaired) electrons. The van der Waals surface area contributed by atoms with Crippen molar-refractivity contribution < 1.29 is 14.3 Å². The summed E-state index contributed by atoms with van der Waals surface area (Å²) in [6.07, 6.45) is 6.64. The standard InChI is InChI=1S/C19H20N2O3S/c1-14(22)21(17-9-3-2-4-10-17)19-20-16(13-25-19)12-24-18(23)11-15-7-5-6-8-15/h2-5,7,9-10,13,15H,6,8,11-12H2,1H3. The summed E-state index contributed by atoms with van der Waals surface area (Å²) in [6, 6.07) is 9.36. The zero-order valence-corrected chi connectivity index (χ0v) is 14.9. The van der Waals surface area contributed by atoms with Gasteiger partial charge in [-0.25, -0.2) is 4.98 Å². The summed E-state index contributed by atoms with van der Waals surface area (Å²) in [5.41, 5.74) is 1.42. The van der Waals surface area contributed by atoms with Crippen molar-refractivity contribution in [3.63, 3.8) is 0 Å². The van der Waals surface area contributed by atoms with Crippen LogP contribution in [0, 0.1) is 5.92 Å². The van der Waals surface area contributed by atoms with Gasteiger partial charge in [-0.05, 0) is 30.9 Å². The molecule has 5 nitrogen and oxygen atoms in total. The molecule has 1 unspecified atom stereocenters. The SMILES string of the molecule is CC(=O)N(c1ccccc1)c1nc(COC(=O)CC2C=CCC2)cs1. The summed E-state index contributed by atoms with van der Waals surface area (Å²) in [7, 11) is 0. The van der Waals surface area contributed by atoms with Crippen LogP contribution < -0.4 is 4.90 Å². The topological polar surface area (TPSA) is 59.5 Å². The van der Waals surface area contributed by atoms with Crippen molar-refractivity contribution >= 4 is 34.0 Å². The molecule has 0 bridgehead atoms. The first-order valence-electron chi connectivity index (χ1n) is 8.26. The van der Waals surface area contributed by atoms with Crippen LogP contribution in [-0.4, -0.2) is 16.9 Å². The van der Waals surface area contributed by atoms with Crippen LogP contribution in [0.4, 0.5) is 10.8 Å². The second-order valence-corrected chi connectivity index (χ2v) is 6.78. The van der Waals surface area contributed by atoms with Crippen molar-refractivity contribution in [2.75, 3.05) is 4.90 Å². The molecule has 130 valence electrons. The number of amides is 1. The molecular weight excluding hydrogens is 336 g/mol. The first kappa shape index (κ1) is 17.4. The minimum absolute atomic E-state index is 0.114. The molecule has 1 aliphatic carbocycles. The van der Waals surface area contributed by atoms with Gasteiger partial charge in [0, 0.05) is 12.3 Å². The Morgan fingerprint density at radius 3 is 2.80 bits per heavy atom. The summed E-state index contributed by atoms with van der Waals surface area (Å²) in [6.45, 7) is 1.63. The number of hydrogen-bond donors (Lipinski definition) is 0. The normalized spacial score (nSPS) is 16.0. The maximum absolute atomic E-state index is 12.0. The number of thiazole rings is 1. The molecule has 2 aromatic rings. The Morgan fingerprint density at radius 2 is 2.12 bits per heavy atom. The summed E-state index contributed by atoms with van der Waals surface area (Å²) < 4.78 is 5.32. The van der Waals surface area contributed by atoms with E-state index < -0.39 is 0 Å². The number of aromatic nitrogens is 1. The first-order chi connectivity index (χ1) is 12.1. The van der Waals surface area contributed by atoms with Crippen LogP contribution in [-0.2, 0) is 20.9 Å². The number of rotatable bonds is 6. The van der Waals surface area contributed by atoms with E-state index in [0.717, 1.165) is 18.5 Å². The molecule has 0 N–H and O–H groups in total. The zero-order valence-electron chi connectivity index (χ0n) is 14.1. The summed E-state index contributed by atoms with van der Waals surface area (Å²) >= 11 is 1.36. The molecule has 1 aromatic heterocycles. The number of carbonyl (C=O) groups is 2. The third kappa shape index (κ3) is 4.54. The Morgan fingerprint density at radius 1 is 1.32 bits per heavy atom. The minimum Gasteiger partial charge on any atom is -0.459 e. The number of nitrogens with zero attached hydrogens (tertiary/aromatic N) is 2. The highest BCUT2D eigenvalue weighted by molar-refractivity contribution is 7.14. The molecule has 25 heavy (non-hydrogen) atoms. The van der Waals surface area contributed by atoms with Crippen molar-refractivity contribution in [2.24, 2.45) is 5.92 Å². The van der Waals surface area contributed by atoms with Gasteiger partial charge in [0.1, 0.15) is 6.61 Å². The van der Waals surface area contributed by atoms with Gasteiger partial charge in [-0.1, -0.05) is 30.4 Å². The van der Waals surface area contributed by atoms with Gasteiger partial charge in [-0.3, -0.25) is 14.5 Å². The van der Waals surface area contributed by atoms with E-state index in [2.05, 4.69) is 17.1 Å². The van der Waals surface area contributed by atoms with Gasteiger partial charge in [0.2, 0.25) is 5.91 Å². The maximum atomic E-state index is 12.0. The van der Waals surface area contributed by atoms with Crippen LogP contribution in [0.5, 0.6) is 0 Å². The van der Waals surface area contributed by atoms with Gasteiger partial charge in [0.15, 0.2) is 5.13 Å². The van der Waals surface area contributed by atoms with Crippen molar-refractivity contribution in [2.45, 2.75) is 32.8 Å². The Balaban J connectivity index is 1.62. The van der Waals surface area contributed by atoms with Gasteiger partial charge in [-0.15, -0.1) is 11.3 Å². The number of esters is 1. The van der Waals surface area contributed by atoms with Gasteiger partial charge in [0.25, 0.3) is 0 Å². The molecule has 1 aliphatic rings. The number of carbonyl (C=O) groups excluding carboxylic acids is 2. The van der Waals surface area contributed by atoms with E-state index in [-0.39, 0.29) is 18.5 Å². The lowest BCUT2D eigenvalue weighted by atomic mass is 10.1. The van der Waals surface area contributed by atoms with Crippen molar-refractivity contribution in [3.8, 4) is 0 Å². The molecule has 1 aromatic carbocycles. The molecule has 6 heteroatoms. The summed E-state index contributed by atoms with van der Waals surface area (Å²) in [5.74, 6) is -0.0283. The largest absolute Gasteiger partial charge is 0.459 e. The highest BCUT2D eigenvalue weighted by Gasteiger charge is 2.19. The van der Waals surface area contributed by atoms with Crippen LogP contribution in [0.3, 0.4) is 0 Å². The van der Waals surface area contributed by atoms with Crippen LogP contribution in [0.2, 0.25) is 0 Å². The number of allylic oxidation sites excluding steroid dienone is 2. The zero-order chi connectivity index (χ0) is 17.6. The molecular formula is C19H20N2O3S. The molecule has 0 saturated carbocycles. The van der Waals surface area contributed by atoms with Crippen molar-refractivity contribution in [1.29, 1.82) is 0 Å². The first-order valence-corrected chi connectivity index (χ1v) is 9.14. The van der Waals surface area contributed by atoms with Gasteiger partial charge in [0.05, 0.1) is 17.8 Å². The summed E-state index contributed by atoms with van der Waals surface area (Å²) in [4.78, 5) is 29.9. The van der Waals surface area contributed by atoms with Crippen LogP contribution in [0.15, 0.2) is 47.9 Å². The fourth-order valence-corrected chi connectivity index (χ4v) is 3.63. The molecule has 1 amide bonds. The van der Waals surface area contributed by atoms with E-state index in [1.54, 1.807) is 4.90 Å². The number of anilines is 2.